The lowest BCUT2D eigenvalue weighted by Gasteiger charge is -2.24. The molecule has 1 aromatic heterocycles. The van der Waals surface area contributed by atoms with Crippen LogP contribution in [0.3, 0.4) is 0 Å². The van der Waals surface area contributed by atoms with Crippen LogP contribution < -0.4 is 0 Å². The first-order chi connectivity index (χ1) is 12.1. The summed E-state index contributed by atoms with van der Waals surface area (Å²) in [6, 6.07) is 8.32. The van der Waals surface area contributed by atoms with E-state index in [-0.39, 0.29) is 23.4 Å². The van der Waals surface area contributed by atoms with Crippen molar-refractivity contribution in [1.29, 1.82) is 0 Å². The third-order valence-corrected chi connectivity index (χ3v) is 7.47. The topological polar surface area (TPSA) is 47.0 Å². The molecule has 0 aliphatic heterocycles. The highest BCUT2D eigenvalue weighted by molar-refractivity contribution is 7.98. The molecule has 130 valence electrons. The summed E-state index contributed by atoms with van der Waals surface area (Å²) in [6.45, 7) is 2.07. The number of benzene rings is 1. The second-order valence-electron chi connectivity index (χ2n) is 6.85. The molecule has 0 spiro atoms. The van der Waals surface area contributed by atoms with Gasteiger partial charge in [0.05, 0.1) is 5.69 Å². The van der Waals surface area contributed by atoms with Gasteiger partial charge in [-0.3, -0.25) is 9.59 Å². The van der Waals surface area contributed by atoms with E-state index in [2.05, 4.69) is 37.4 Å². The quantitative estimate of drug-likeness (QED) is 0.575. The van der Waals surface area contributed by atoms with Crippen LogP contribution in [0.15, 0.2) is 29.2 Å². The fourth-order valence-electron chi connectivity index (χ4n) is 4.08. The number of rotatable bonds is 4. The molecule has 2 fully saturated rings. The van der Waals surface area contributed by atoms with Gasteiger partial charge >= 0.3 is 0 Å². The highest BCUT2D eigenvalue weighted by Gasteiger charge is 2.48. The first-order valence-corrected chi connectivity index (χ1v) is 10.9. The van der Waals surface area contributed by atoms with E-state index < -0.39 is 5.92 Å². The van der Waals surface area contributed by atoms with Gasteiger partial charge in [0.2, 0.25) is 0 Å². The van der Waals surface area contributed by atoms with E-state index in [4.69, 9.17) is 4.98 Å². The Bertz CT molecular complexity index is 803. The van der Waals surface area contributed by atoms with Crippen molar-refractivity contribution in [2.45, 2.75) is 43.4 Å². The van der Waals surface area contributed by atoms with Crippen LogP contribution in [0.5, 0.6) is 0 Å². The summed E-state index contributed by atoms with van der Waals surface area (Å²) in [5.41, 5.74) is 1.80. The van der Waals surface area contributed by atoms with Gasteiger partial charge in [0.1, 0.15) is 10.9 Å². The normalized spacial score (nSPS) is 25.6. The number of Topliss-reactive ketones (excluding diaryl/α,β-unsaturated/α-hetero) is 2. The molecule has 5 heteroatoms. The molecule has 1 heterocycles. The van der Waals surface area contributed by atoms with Crippen LogP contribution in [0.25, 0.3) is 10.6 Å². The zero-order chi connectivity index (χ0) is 17.6. The summed E-state index contributed by atoms with van der Waals surface area (Å²) in [7, 11) is 0. The average Bonchev–Trinajstić information content (AvgIpc) is 3.26. The van der Waals surface area contributed by atoms with Crippen molar-refractivity contribution < 1.29 is 9.59 Å². The maximum absolute atomic E-state index is 12.8. The Morgan fingerprint density at radius 2 is 1.76 bits per heavy atom. The fourth-order valence-corrected chi connectivity index (χ4v) is 5.53. The Kier molecular flexibility index (Phi) is 4.54. The number of thioether (sulfide) groups is 1. The van der Waals surface area contributed by atoms with Crippen LogP contribution >= 0.6 is 23.1 Å². The van der Waals surface area contributed by atoms with Crippen molar-refractivity contribution in [2.75, 3.05) is 6.26 Å². The maximum atomic E-state index is 12.8. The summed E-state index contributed by atoms with van der Waals surface area (Å²) in [6.07, 6.45) is 5.38. The molecule has 1 unspecified atom stereocenters. The van der Waals surface area contributed by atoms with E-state index in [9.17, 15) is 9.59 Å². The van der Waals surface area contributed by atoms with E-state index >= 15 is 0 Å². The molecule has 3 atom stereocenters. The largest absolute Gasteiger partial charge is 0.298 e. The lowest BCUT2D eigenvalue weighted by molar-refractivity contribution is -0.136. The Labute approximate surface area is 156 Å². The van der Waals surface area contributed by atoms with E-state index in [1.54, 1.807) is 23.1 Å². The molecule has 2 bridgehead atoms. The van der Waals surface area contributed by atoms with Gasteiger partial charge in [-0.2, -0.15) is 0 Å². The van der Waals surface area contributed by atoms with Crippen LogP contribution in [0, 0.1) is 11.8 Å². The molecule has 2 aliphatic carbocycles. The summed E-state index contributed by atoms with van der Waals surface area (Å²) in [5.74, 6) is -0.241. The van der Waals surface area contributed by atoms with Crippen LogP contribution in [0.4, 0.5) is 0 Å². The average molecular weight is 372 g/mol. The molecule has 3 nitrogen and oxygen atoms in total. The number of aryl methyl sites for hydroxylation is 1. The van der Waals surface area contributed by atoms with Crippen molar-refractivity contribution in [3.8, 4) is 10.6 Å². The minimum atomic E-state index is -0.614. The maximum Gasteiger partial charge on any atom is 0.152 e. The third-order valence-electron chi connectivity index (χ3n) is 5.47. The Morgan fingerprint density at radius 3 is 2.32 bits per heavy atom. The summed E-state index contributed by atoms with van der Waals surface area (Å²) < 4.78 is 0. The summed E-state index contributed by atoms with van der Waals surface area (Å²) in [4.78, 5) is 32.8. The molecule has 4 rings (SSSR count). The molecule has 0 N–H and O–H groups in total. The standard InChI is InChI=1S/C20H21NO2S2/c1-3-15-17(16-18(22)12-4-5-13(10-12)19(16)23)21-20(25-15)11-6-8-14(24-2)9-7-11/h6-9,12-13,16H,3-5,10H2,1-2H3/t12-,13+,16?. The Morgan fingerprint density at radius 1 is 1.12 bits per heavy atom. The molecule has 1 aromatic carbocycles. The number of hydrogen-bond acceptors (Lipinski definition) is 5. The second-order valence-corrected chi connectivity index (χ2v) is 8.82. The van der Waals surface area contributed by atoms with Gasteiger partial charge in [0, 0.05) is 27.2 Å². The molecule has 2 aliphatic rings. The van der Waals surface area contributed by atoms with Crippen LogP contribution in [0.2, 0.25) is 0 Å². The predicted octanol–water partition coefficient (Wildman–Crippen LogP) is 4.75. The predicted molar refractivity (Wildman–Crippen MR) is 102 cm³/mol. The lowest BCUT2D eigenvalue weighted by Crippen LogP contribution is -2.35. The minimum Gasteiger partial charge on any atom is -0.298 e. The fraction of sp³-hybridized carbons (Fsp3) is 0.450. The summed E-state index contributed by atoms with van der Waals surface area (Å²) in [5, 5.41) is 0.915. The first kappa shape index (κ1) is 17.0. The molecule has 0 amide bonds. The number of carbonyl (C=O) groups excluding carboxylic acids is 2. The summed E-state index contributed by atoms with van der Waals surface area (Å²) >= 11 is 3.33. The number of nitrogens with zero attached hydrogens (tertiary/aromatic N) is 1. The van der Waals surface area contributed by atoms with Gasteiger partial charge in [0.15, 0.2) is 11.6 Å². The van der Waals surface area contributed by atoms with Gasteiger partial charge in [-0.25, -0.2) is 4.98 Å². The molecular formula is C20H21NO2S2. The number of ketones is 2. The third kappa shape index (κ3) is 2.87. The smallest absolute Gasteiger partial charge is 0.152 e. The van der Waals surface area contributed by atoms with Crippen LogP contribution in [-0.2, 0) is 16.0 Å². The number of carbonyl (C=O) groups is 2. The van der Waals surface area contributed by atoms with Gasteiger partial charge in [-0.15, -0.1) is 23.1 Å². The zero-order valence-electron chi connectivity index (χ0n) is 14.5. The minimum absolute atomic E-state index is 0.0726. The van der Waals surface area contributed by atoms with Gasteiger partial charge in [-0.1, -0.05) is 19.1 Å². The number of thiazole rings is 1. The highest BCUT2D eigenvalue weighted by Crippen LogP contribution is 2.45. The molecule has 2 saturated carbocycles. The van der Waals surface area contributed by atoms with E-state index in [1.165, 1.54) is 4.90 Å². The zero-order valence-corrected chi connectivity index (χ0v) is 16.1. The molecule has 0 radical (unpaired) electrons. The molecule has 2 aromatic rings. The van der Waals surface area contributed by atoms with Gasteiger partial charge < -0.3 is 0 Å². The number of fused-ring (bicyclic) bond motifs is 2. The van der Waals surface area contributed by atoms with E-state index in [1.807, 2.05) is 0 Å². The molecular weight excluding hydrogens is 350 g/mol. The van der Waals surface area contributed by atoms with Crippen molar-refractivity contribution >= 4 is 34.7 Å². The molecule has 0 saturated heterocycles. The highest BCUT2D eigenvalue weighted by atomic mass is 32.2. The Balaban J connectivity index is 1.73. The lowest BCUT2D eigenvalue weighted by atomic mass is 9.77. The van der Waals surface area contributed by atoms with Crippen molar-refractivity contribution in [1.82, 2.24) is 4.98 Å². The number of hydrogen-bond donors (Lipinski definition) is 0. The van der Waals surface area contributed by atoms with E-state index in [0.29, 0.717) is 0 Å². The van der Waals surface area contributed by atoms with Crippen LogP contribution in [0.1, 0.15) is 42.7 Å². The van der Waals surface area contributed by atoms with E-state index in [0.717, 1.165) is 46.8 Å². The first-order valence-electron chi connectivity index (χ1n) is 8.83. The number of aromatic nitrogens is 1. The second kappa shape index (κ2) is 6.69. The monoisotopic (exact) mass is 371 g/mol. The van der Waals surface area contributed by atoms with Crippen LogP contribution in [-0.4, -0.2) is 22.8 Å². The Hall–Kier alpha value is -1.46. The SMILES string of the molecule is CCc1sc(-c2ccc(SC)cc2)nc1C1C(=O)[C@@H]2CC[C@@H](C2)C1=O. The van der Waals surface area contributed by atoms with Crippen molar-refractivity contribution in [3.05, 3.63) is 34.8 Å². The van der Waals surface area contributed by atoms with Gasteiger partial charge in [0.25, 0.3) is 0 Å². The van der Waals surface area contributed by atoms with Crippen molar-refractivity contribution in [3.63, 3.8) is 0 Å². The molecule has 25 heavy (non-hydrogen) atoms. The van der Waals surface area contributed by atoms with Gasteiger partial charge in [-0.05, 0) is 44.1 Å². The van der Waals surface area contributed by atoms with Crippen molar-refractivity contribution in [2.24, 2.45) is 11.8 Å².